The SMILES string of the molecule is C=C1[C@@H](OC=O)C[C@H]2C[C@@H]1C2(C)C. The first-order chi connectivity index (χ1) is 6.07. The van der Waals surface area contributed by atoms with Crippen LogP contribution in [0.15, 0.2) is 12.2 Å². The molecule has 3 aliphatic rings. The van der Waals surface area contributed by atoms with Crippen molar-refractivity contribution in [3.8, 4) is 0 Å². The van der Waals surface area contributed by atoms with Crippen LogP contribution in [0, 0.1) is 17.3 Å². The highest BCUT2D eigenvalue weighted by Crippen LogP contribution is 2.61. The van der Waals surface area contributed by atoms with Crippen molar-refractivity contribution in [3.05, 3.63) is 12.2 Å². The third-order valence-corrected chi connectivity index (χ3v) is 4.05. The van der Waals surface area contributed by atoms with Crippen LogP contribution in [0.3, 0.4) is 0 Å². The lowest BCUT2D eigenvalue weighted by atomic mass is 9.47. The largest absolute Gasteiger partial charge is 0.460 e. The number of fused-ring (bicyclic) bond motifs is 2. The number of ether oxygens (including phenoxy) is 1. The van der Waals surface area contributed by atoms with Crippen LogP contribution in [-0.4, -0.2) is 12.6 Å². The topological polar surface area (TPSA) is 26.3 Å². The lowest BCUT2D eigenvalue weighted by Crippen LogP contribution is -2.53. The summed E-state index contributed by atoms with van der Waals surface area (Å²) in [5.74, 6) is 1.28. The van der Waals surface area contributed by atoms with E-state index in [0.29, 0.717) is 23.7 Å². The Bertz CT molecular complexity index is 255. The normalized spacial score (nSPS) is 40.8. The van der Waals surface area contributed by atoms with E-state index in [1.165, 1.54) is 6.42 Å². The number of hydrogen-bond donors (Lipinski definition) is 0. The van der Waals surface area contributed by atoms with Gasteiger partial charge in [-0.15, -0.1) is 0 Å². The smallest absolute Gasteiger partial charge is 0.293 e. The second kappa shape index (κ2) is 2.60. The zero-order chi connectivity index (χ0) is 9.64. The van der Waals surface area contributed by atoms with Crippen LogP contribution in [0.4, 0.5) is 0 Å². The molecule has 2 nitrogen and oxygen atoms in total. The summed E-state index contributed by atoms with van der Waals surface area (Å²) in [6.07, 6.45) is 2.21. The van der Waals surface area contributed by atoms with E-state index in [2.05, 4.69) is 20.4 Å². The van der Waals surface area contributed by atoms with E-state index in [4.69, 9.17) is 4.74 Å². The highest BCUT2D eigenvalue weighted by atomic mass is 16.5. The van der Waals surface area contributed by atoms with Crippen molar-refractivity contribution in [2.75, 3.05) is 0 Å². The Labute approximate surface area is 79.0 Å². The zero-order valence-corrected chi connectivity index (χ0v) is 8.25. The minimum Gasteiger partial charge on any atom is -0.460 e. The fourth-order valence-electron chi connectivity index (χ4n) is 2.89. The minimum absolute atomic E-state index is 0.00530. The van der Waals surface area contributed by atoms with Crippen LogP contribution in [-0.2, 0) is 9.53 Å². The average molecular weight is 180 g/mol. The lowest BCUT2D eigenvalue weighted by molar-refractivity contribution is -0.141. The molecule has 0 aromatic carbocycles. The fourth-order valence-corrected chi connectivity index (χ4v) is 2.89. The molecular weight excluding hydrogens is 164 g/mol. The van der Waals surface area contributed by atoms with E-state index in [9.17, 15) is 4.79 Å². The average Bonchev–Trinajstić information content (AvgIpc) is 2.08. The van der Waals surface area contributed by atoms with Gasteiger partial charge in [-0.1, -0.05) is 20.4 Å². The maximum atomic E-state index is 10.2. The molecule has 0 amide bonds. The Balaban J connectivity index is 2.12. The van der Waals surface area contributed by atoms with E-state index in [-0.39, 0.29) is 6.10 Å². The summed E-state index contributed by atoms with van der Waals surface area (Å²) in [5, 5.41) is 0. The molecule has 3 atom stereocenters. The Hall–Kier alpha value is -0.790. The molecule has 3 rings (SSSR count). The van der Waals surface area contributed by atoms with Gasteiger partial charge in [0.2, 0.25) is 0 Å². The first kappa shape index (κ1) is 8.79. The molecule has 72 valence electrons. The molecule has 0 spiro atoms. The third kappa shape index (κ3) is 1.04. The van der Waals surface area contributed by atoms with Crippen molar-refractivity contribution in [3.63, 3.8) is 0 Å². The van der Waals surface area contributed by atoms with E-state index in [1.54, 1.807) is 0 Å². The zero-order valence-electron chi connectivity index (χ0n) is 8.25. The highest BCUT2D eigenvalue weighted by Gasteiger charge is 2.55. The van der Waals surface area contributed by atoms with Gasteiger partial charge in [-0.05, 0) is 35.7 Å². The van der Waals surface area contributed by atoms with Crippen molar-refractivity contribution in [1.29, 1.82) is 0 Å². The quantitative estimate of drug-likeness (QED) is 0.481. The number of carbonyl (C=O) groups is 1. The molecule has 0 aromatic rings. The number of hydrogen-bond acceptors (Lipinski definition) is 2. The van der Waals surface area contributed by atoms with Crippen molar-refractivity contribution in [2.45, 2.75) is 32.8 Å². The van der Waals surface area contributed by atoms with Crippen molar-refractivity contribution >= 4 is 6.47 Å². The van der Waals surface area contributed by atoms with Gasteiger partial charge in [0, 0.05) is 0 Å². The summed E-state index contributed by atoms with van der Waals surface area (Å²) in [4.78, 5) is 10.2. The Morgan fingerprint density at radius 2 is 2.23 bits per heavy atom. The third-order valence-electron chi connectivity index (χ3n) is 4.05. The summed E-state index contributed by atoms with van der Waals surface area (Å²) >= 11 is 0. The summed E-state index contributed by atoms with van der Waals surface area (Å²) in [6, 6.07) is 0. The van der Waals surface area contributed by atoms with Gasteiger partial charge in [-0.2, -0.15) is 0 Å². The van der Waals surface area contributed by atoms with Crippen LogP contribution in [0.25, 0.3) is 0 Å². The van der Waals surface area contributed by atoms with E-state index >= 15 is 0 Å². The van der Waals surface area contributed by atoms with Gasteiger partial charge in [-0.25, -0.2) is 0 Å². The number of rotatable bonds is 2. The fraction of sp³-hybridized carbons (Fsp3) is 0.727. The monoisotopic (exact) mass is 180 g/mol. The predicted molar refractivity (Wildman–Crippen MR) is 50.1 cm³/mol. The molecule has 3 aliphatic carbocycles. The molecule has 0 saturated heterocycles. The van der Waals surface area contributed by atoms with Crippen molar-refractivity contribution in [1.82, 2.24) is 0 Å². The van der Waals surface area contributed by atoms with Gasteiger partial charge in [0.05, 0.1) is 0 Å². The Morgan fingerprint density at radius 1 is 1.54 bits per heavy atom. The van der Waals surface area contributed by atoms with Gasteiger partial charge in [-0.3, -0.25) is 4.79 Å². The molecule has 13 heavy (non-hydrogen) atoms. The Kier molecular flexibility index (Phi) is 1.76. The van der Waals surface area contributed by atoms with Crippen LogP contribution in [0.5, 0.6) is 0 Å². The lowest BCUT2D eigenvalue weighted by Gasteiger charge is -2.59. The standard InChI is InChI=1S/C11H16O2/c1-7-9-4-8(11(9,2)3)5-10(7)13-6-12/h6,8-10H,1,4-5H2,2-3H3/t8-,9+,10+/m1/s1. The van der Waals surface area contributed by atoms with E-state index in [0.717, 1.165) is 12.0 Å². The molecule has 2 heteroatoms. The molecule has 0 radical (unpaired) electrons. The first-order valence-electron chi connectivity index (χ1n) is 4.85. The summed E-state index contributed by atoms with van der Waals surface area (Å²) in [6.45, 7) is 9.17. The van der Waals surface area contributed by atoms with Gasteiger partial charge in [0.15, 0.2) is 0 Å². The van der Waals surface area contributed by atoms with Gasteiger partial charge in [0.25, 0.3) is 6.47 Å². The maximum absolute atomic E-state index is 10.2. The summed E-state index contributed by atoms with van der Waals surface area (Å²) in [5.41, 5.74) is 1.51. The van der Waals surface area contributed by atoms with Crippen molar-refractivity contribution < 1.29 is 9.53 Å². The van der Waals surface area contributed by atoms with Crippen LogP contribution in [0.2, 0.25) is 0 Å². The molecule has 0 N–H and O–H groups in total. The van der Waals surface area contributed by atoms with Gasteiger partial charge in [0.1, 0.15) is 6.10 Å². The molecule has 0 heterocycles. The molecule has 0 aliphatic heterocycles. The molecule has 3 saturated carbocycles. The predicted octanol–water partition coefficient (Wildman–Crippen LogP) is 2.15. The first-order valence-corrected chi connectivity index (χ1v) is 4.85. The summed E-state index contributed by atoms with van der Waals surface area (Å²) in [7, 11) is 0. The van der Waals surface area contributed by atoms with Gasteiger partial charge < -0.3 is 4.74 Å². The van der Waals surface area contributed by atoms with Crippen molar-refractivity contribution in [2.24, 2.45) is 17.3 Å². The number of carbonyl (C=O) groups excluding carboxylic acids is 1. The second-order valence-electron chi connectivity index (χ2n) is 4.84. The van der Waals surface area contributed by atoms with E-state index in [1.807, 2.05) is 0 Å². The van der Waals surface area contributed by atoms with E-state index < -0.39 is 0 Å². The highest BCUT2D eigenvalue weighted by molar-refractivity contribution is 5.40. The van der Waals surface area contributed by atoms with Gasteiger partial charge >= 0.3 is 0 Å². The second-order valence-corrected chi connectivity index (χ2v) is 4.84. The maximum Gasteiger partial charge on any atom is 0.293 e. The minimum atomic E-state index is -0.00530. The summed E-state index contributed by atoms with van der Waals surface area (Å²) < 4.78 is 5.01. The Morgan fingerprint density at radius 3 is 2.69 bits per heavy atom. The molecule has 2 bridgehead atoms. The molecule has 0 unspecified atom stereocenters. The van der Waals surface area contributed by atoms with Crippen LogP contribution < -0.4 is 0 Å². The van der Waals surface area contributed by atoms with Crippen LogP contribution in [0.1, 0.15) is 26.7 Å². The molecular formula is C11H16O2. The van der Waals surface area contributed by atoms with Crippen LogP contribution >= 0.6 is 0 Å². The molecule has 0 aromatic heterocycles. The molecule has 3 fully saturated rings.